The van der Waals surface area contributed by atoms with E-state index >= 15 is 0 Å². The molecule has 0 saturated heterocycles. The van der Waals surface area contributed by atoms with Crippen LogP contribution in [-0.4, -0.2) is 62.8 Å². The lowest BCUT2D eigenvalue weighted by Crippen LogP contribution is -2.36. The van der Waals surface area contributed by atoms with Gasteiger partial charge in [0.2, 0.25) is 17.7 Å². The third-order valence-corrected chi connectivity index (χ3v) is 2.06. The van der Waals surface area contributed by atoms with Crippen molar-refractivity contribution >= 4 is 17.7 Å². The van der Waals surface area contributed by atoms with Crippen LogP contribution in [0.2, 0.25) is 0 Å². The summed E-state index contributed by atoms with van der Waals surface area (Å²) < 4.78 is 4.62. The Balaban J connectivity index is 3.49. The molecule has 0 radical (unpaired) electrons. The number of carbonyl (C=O) groups excluding carboxylic acids is 3. The van der Waals surface area contributed by atoms with Crippen LogP contribution in [0.4, 0.5) is 0 Å². The Bertz CT molecular complexity index is 296. The molecule has 0 spiro atoms. The molecule has 110 valence electrons. The van der Waals surface area contributed by atoms with Gasteiger partial charge >= 0.3 is 0 Å². The lowest BCUT2D eigenvalue weighted by molar-refractivity contribution is -0.126. The van der Waals surface area contributed by atoms with Crippen LogP contribution in [0, 0.1) is 0 Å². The molecule has 0 heterocycles. The van der Waals surface area contributed by atoms with Gasteiger partial charge in [-0.2, -0.15) is 0 Å². The van der Waals surface area contributed by atoms with Gasteiger partial charge in [-0.3, -0.25) is 14.4 Å². The summed E-state index contributed by atoms with van der Waals surface area (Å²) in [7, 11) is 1.42. The molecular weight excluding hydrogens is 254 g/mol. The molecule has 0 unspecified atom stereocenters. The smallest absolute Gasteiger partial charge is 0.246 e. The molecule has 0 aliphatic rings. The number of nitrogens with one attached hydrogen (secondary N) is 3. The van der Waals surface area contributed by atoms with Gasteiger partial charge in [0.15, 0.2) is 0 Å². The number of hydrogen-bond acceptors (Lipinski definition) is 5. The minimum Gasteiger partial charge on any atom is -0.395 e. The molecule has 0 aromatic carbocycles. The van der Waals surface area contributed by atoms with Crippen molar-refractivity contribution in [1.29, 1.82) is 0 Å². The van der Waals surface area contributed by atoms with E-state index < -0.39 is 0 Å². The fourth-order valence-electron chi connectivity index (χ4n) is 1.19. The van der Waals surface area contributed by atoms with Crippen LogP contribution in [-0.2, 0) is 19.1 Å². The second-order valence-electron chi connectivity index (χ2n) is 3.71. The normalized spacial score (nSPS) is 9.79. The van der Waals surface area contributed by atoms with E-state index in [1.807, 2.05) is 0 Å². The molecule has 8 nitrogen and oxygen atoms in total. The SMILES string of the molecule is COCC(=O)NCCNC(=O)CCC(=O)NCCO. The Morgan fingerprint density at radius 1 is 0.895 bits per heavy atom. The van der Waals surface area contributed by atoms with Crippen LogP contribution >= 0.6 is 0 Å². The maximum absolute atomic E-state index is 11.3. The standard InChI is InChI=1S/C11H21N3O5/c1-19-8-11(18)13-5-4-12-9(16)2-3-10(17)14-6-7-15/h15H,2-8H2,1H3,(H,12,16)(H,13,18)(H,14,17). The van der Waals surface area contributed by atoms with Gasteiger partial charge in [-0.05, 0) is 0 Å². The molecule has 4 N–H and O–H groups in total. The first kappa shape index (κ1) is 17.3. The minimum absolute atomic E-state index is 0.0149. The molecule has 0 aliphatic heterocycles. The number of methoxy groups -OCH3 is 1. The molecule has 19 heavy (non-hydrogen) atoms. The van der Waals surface area contributed by atoms with E-state index in [4.69, 9.17) is 5.11 Å². The van der Waals surface area contributed by atoms with E-state index in [1.165, 1.54) is 7.11 Å². The summed E-state index contributed by atoms with van der Waals surface area (Å²) in [5.74, 6) is -0.794. The summed E-state index contributed by atoms with van der Waals surface area (Å²) in [5.41, 5.74) is 0. The number of rotatable bonds is 10. The highest BCUT2D eigenvalue weighted by molar-refractivity contribution is 5.83. The Morgan fingerprint density at radius 2 is 1.37 bits per heavy atom. The third kappa shape index (κ3) is 11.2. The van der Waals surface area contributed by atoms with E-state index in [2.05, 4.69) is 20.7 Å². The molecule has 0 bridgehead atoms. The highest BCUT2D eigenvalue weighted by Crippen LogP contribution is 1.88. The van der Waals surface area contributed by atoms with Gasteiger partial charge in [0.25, 0.3) is 0 Å². The van der Waals surface area contributed by atoms with Crippen LogP contribution in [0.1, 0.15) is 12.8 Å². The third-order valence-electron chi connectivity index (χ3n) is 2.06. The highest BCUT2D eigenvalue weighted by Gasteiger charge is 2.06. The fraction of sp³-hybridized carbons (Fsp3) is 0.727. The van der Waals surface area contributed by atoms with Crippen molar-refractivity contribution in [2.75, 3.05) is 40.0 Å². The van der Waals surface area contributed by atoms with Gasteiger partial charge in [0, 0.05) is 39.6 Å². The predicted molar refractivity (Wildman–Crippen MR) is 67.2 cm³/mol. The zero-order valence-electron chi connectivity index (χ0n) is 11.0. The zero-order chi connectivity index (χ0) is 14.5. The lowest BCUT2D eigenvalue weighted by Gasteiger charge is -2.07. The lowest BCUT2D eigenvalue weighted by atomic mass is 10.3. The molecule has 0 atom stereocenters. The summed E-state index contributed by atoms with van der Waals surface area (Å²) >= 11 is 0. The topological polar surface area (TPSA) is 117 Å². The maximum Gasteiger partial charge on any atom is 0.246 e. The zero-order valence-corrected chi connectivity index (χ0v) is 11.0. The number of aliphatic hydroxyl groups is 1. The summed E-state index contributed by atoms with van der Waals surface area (Å²) in [5, 5.41) is 16.0. The molecule has 0 saturated carbocycles. The quantitative estimate of drug-likeness (QED) is 0.336. The van der Waals surface area contributed by atoms with Crippen molar-refractivity contribution in [1.82, 2.24) is 16.0 Å². The average Bonchev–Trinajstić information content (AvgIpc) is 2.39. The number of hydrogen-bond donors (Lipinski definition) is 4. The van der Waals surface area contributed by atoms with Gasteiger partial charge in [-0.15, -0.1) is 0 Å². The van der Waals surface area contributed by atoms with E-state index in [0.29, 0.717) is 13.1 Å². The van der Waals surface area contributed by atoms with Crippen LogP contribution in [0.15, 0.2) is 0 Å². The Kier molecular flexibility index (Phi) is 10.4. The molecule has 0 aromatic rings. The van der Waals surface area contributed by atoms with Crippen molar-refractivity contribution in [2.45, 2.75) is 12.8 Å². The van der Waals surface area contributed by atoms with Gasteiger partial charge in [0.1, 0.15) is 6.61 Å². The van der Waals surface area contributed by atoms with Gasteiger partial charge < -0.3 is 25.8 Å². The summed E-state index contributed by atoms with van der Waals surface area (Å²) in [4.78, 5) is 33.4. The second kappa shape index (κ2) is 11.4. The van der Waals surface area contributed by atoms with Crippen molar-refractivity contribution in [3.8, 4) is 0 Å². The van der Waals surface area contributed by atoms with Crippen LogP contribution in [0.5, 0.6) is 0 Å². The number of aliphatic hydroxyl groups excluding tert-OH is 1. The molecule has 3 amide bonds. The van der Waals surface area contributed by atoms with Gasteiger partial charge in [-0.25, -0.2) is 0 Å². The Labute approximate surface area is 111 Å². The molecule has 0 fully saturated rings. The van der Waals surface area contributed by atoms with Crippen LogP contribution in [0.25, 0.3) is 0 Å². The molecular formula is C11H21N3O5. The molecule has 0 aliphatic carbocycles. The molecule has 8 heteroatoms. The molecule has 0 rings (SSSR count). The summed E-state index contributed by atoms with van der Waals surface area (Å²) in [6.07, 6.45) is 0.144. The van der Waals surface area contributed by atoms with Crippen LogP contribution < -0.4 is 16.0 Å². The number of ether oxygens (including phenoxy) is 1. The van der Waals surface area contributed by atoms with Crippen molar-refractivity contribution < 1.29 is 24.2 Å². The van der Waals surface area contributed by atoms with E-state index in [1.54, 1.807) is 0 Å². The van der Waals surface area contributed by atoms with Crippen molar-refractivity contribution in [3.63, 3.8) is 0 Å². The fourth-order valence-corrected chi connectivity index (χ4v) is 1.19. The number of amides is 3. The second-order valence-corrected chi connectivity index (χ2v) is 3.71. The van der Waals surface area contributed by atoms with Crippen molar-refractivity contribution in [3.05, 3.63) is 0 Å². The number of carbonyl (C=O) groups is 3. The average molecular weight is 275 g/mol. The first-order valence-corrected chi connectivity index (χ1v) is 6.00. The van der Waals surface area contributed by atoms with Crippen molar-refractivity contribution in [2.24, 2.45) is 0 Å². The van der Waals surface area contributed by atoms with E-state index in [9.17, 15) is 14.4 Å². The van der Waals surface area contributed by atoms with Gasteiger partial charge in [-0.1, -0.05) is 0 Å². The first-order valence-electron chi connectivity index (χ1n) is 6.00. The van der Waals surface area contributed by atoms with E-state index in [0.717, 1.165) is 0 Å². The monoisotopic (exact) mass is 275 g/mol. The summed E-state index contributed by atoms with van der Waals surface area (Å²) in [6.45, 7) is 0.654. The minimum atomic E-state index is -0.280. The Hall–Kier alpha value is -1.67. The maximum atomic E-state index is 11.3. The molecule has 0 aromatic heterocycles. The van der Waals surface area contributed by atoms with E-state index in [-0.39, 0.29) is 50.3 Å². The predicted octanol–water partition coefficient (Wildman–Crippen LogP) is -2.25. The summed E-state index contributed by atoms with van der Waals surface area (Å²) in [6, 6.07) is 0. The Morgan fingerprint density at radius 3 is 1.84 bits per heavy atom. The first-order chi connectivity index (χ1) is 9.10. The largest absolute Gasteiger partial charge is 0.395 e. The van der Waals surface area contributed by atoms with Gasteiger partial charge in [0.05, 0.1) is 6.61 Å². The highest BCUT2D eigenvalue weighted by atomic mass is 16.5. The van der Waals surface area contributed by atoms with Crippen LogP contribution in [0.3, 0.4) is 0 Å².